The fourth-order valence-corrected chi connectivity index (χ4v) is 1.80. The Kier molecular flexibility index (Phi) is 3.86. The van der Waals surface area contributed by atoms with Crippen molar-refractivity contribution in [3.8, 4) is 11.5 Å². The molecule has 2 atom stereocenters. The van der Waals surface area contributed by atoms with Gasteiger partial charge in [0.1, 0.15) is 0 Å². The molecule has 4 nitrogen and oxygen atoms in total. The molecule has 0 bridgehead atoms. The molecule has 1 fully saturated rings. The normalized spacial score (nSPS) is 23.7. The van der Waals surface area contributed by atoms with Crippen molar-refractivity contribution in [3.63, 3.8) is 0 Å². The molecule has 0 aliphatic carbocycles. The van der Waals surface area contributed by atoms with Crippen LogP contribution >= 0.6 is 0 Å². The summed E-state index contributed by atoms with van der Waals surface area (Å²) in [7, 11) is 1.63. The highest BCUT2D eigenvalue weighted by atomic mass is 16.7. The minimum absolute atomic E-state index is 0.137. The minimum atomic E-state index is -0.296. The maximum atomic E-state index is 5.64. The maximum absolute atomic E-state index is 5.64. The molecule has 94 valence electrons. The number of rotatable bonds is 4. The van der Waals surface area contributed by atoms with Gasteiger partial charge < -0.3 is 18.9 Å². The average Bonchev–Trinajstić information content (AvgIpc) is 2.76. The lowest BCUT2D eigenvalue weighted by atomic mass is 10.2. The van der Waals surface area contributed by atoms with Gasteiger partial charge in [-0.1, -0.05) is 6.07 Å². The van der Waals surface area contributed by atoms with Crippen molar-refractivity contribution >= 4 is 0 Å². The third-order valence-electron chi connectivity index (χ3n) is 2.60. The molecule has 1 saturated heterocycles. The molecule has 1 aliphatic rings. The summed E-state index contributed by atoms with van der Waals surface area (Å²) in [5.74, 6) is 1.45. The molecule has 0 amide bonds. The van der Waals surface area contributed by atoms with Gasteiger partial charge in [0.2, 0.25) is 0 Å². The van der Waals surface area contributed by atoms with Gasteiger partial charge in [-0.2, -0.15) is 0 Å². The Hall–Kier alpha value is -1.26. The van der Waals surface area contributed by atoms with Crippen molar-refractivity contribution in [1.82, 2.24) is 0 Å². The van der Waals surface area contributed by atoms with Gasteiger partial charge in [0.15, 0.2) is 17.8 Å². The van der Waals surface area contributed by atoms with E-state index >= 15 is 0 Å². The first-order valence-corrected chi connectivity index (χ1v) is 5.82. The SMILES string of the molecule is CCOc1cc(C2OCC(C)O2)ccc1OC. The summed E-state index contributed by atoms with van der Waals surface area (Å²) in [5, 5.41) is 0. The third-order valence-corrected chi connectivity index (χ3v) is 2.60. The summed E-state index contributed by atoms with van der Waals surface area (Å²) in [6.07, 6.45) is -0.159. The molecule has 0 radical (unpaired) electrons. The van der Waals surface area contributed by atoms with Crippen LogP contribution < -0.4 is 9.47 Å². The van der Waals surface area contributed by atoms with E-state index in [4.69, 9.17) is 18.9 Å². The number of hydrogen-bond donors (Lipinski definition) is 0. The summed E-state index contributed by atoms with van der Waals surface area (Å²) in [4.78, 5) is 0. The van der Waals surface area contributed by atoms with E-state index in [1.165, 1.54) is 0 Å². The van der Waals surface area contributed by atoms with Gasteiger partial charge >= 0.3 is 0 Å². The summed E-state index contributed by atoms with van der Waals surface area (Å²) in [6.45, 7) is 5.16. The lowest BCUT2D eigenvalue weighted by Crippen LogP contribution is -2.03. The molecule has 1 aliphatic heterocycles. The highest BCUT2D eigenvalue weighted by molar-refractivity contribution is 5.43. The fraction of sp³-hybridized carbons (Fsp3) is 0.538. The largest absolute Gasteiger partial charge is 0.493 e. The molecule has 0 aromatic heterocycles. The van der Waals surface area contributed by atoms with E-state index in [1.807, 2.05) is 32.0 Å². The molecule has 1 aromatic rings. The van der Waals surface area contributed by atoms with Gasteiger partial charge in [0.05, 0.1) is 26.4 Å². The van der Waals surface area contributed by atoms with E-state index in [0.717, 1.165) is 17.1 Å². The standard InChI is InChI=1S/C13H18O4/c1-4-15-12-7-10(5-6-11(12)14-3)13-16-8-9(2)17-13/h5-7,9,13H,4,8H2,1-3H3. The predicted octanol–water partition coefficient (Wildman–Crippen LogP) is 2.53. The van der Waals surface area contributed by atoms with Gasteiger partial charge in [0, 0.05) is 5.56 Å². The molecule has 4 heteroatoms. The van der Waals surface area contributed by atoms with Crippen LogP contribution in [0.4, 0.5) is 0 Å². The van der Waals surface area contributed by atoms with Crippen LogP contribution in [0.2, 0.25) is 0 Å². The second-order valence-corrected chi connectivity index (χ2v) is 3.96. The maximum Gasteiger partial charge on any atom is 0.184 e. The van der Waals surface area contributed by atoms with Crippen LogP contribution in [0, 0.1) is 0 Å². The zero-order chi connectivity index (χ0) is 12.3. The summed E-state index contributed by atoms with van der Waals surface area (Å²) in [6, 6.07) is 5.71. The molecule has 2 rings (SSSR count). The second kappa shape index (κ2) is 5.38. The fourth-order valence-electron chi connectivity index (χ4n) is 1.80. The first-order valence-electron chi connectivity index (χ1n) is 5.82. The number of hydrogen-bond acceptors (Lipinski definition) is 4. The monoisotopic (exact) mass is 238 g/mol. The minimum Gasteiger partial charge on any atom is -0.493 e. The van der Waals surface area contributed by atoms with Crippen LogP contribution in [-0.2, 0) is 9.47 Å². The third kappa shape index (κ3) is 2.70. The van der Waals surface area contributed by atoms with Crippen LogP contribution in [0.25, 0.3) is 0 Å². The molecular formula is C13H18O4. The van der Waals surface area contributed by atoms with E-state index in [1.54, 1.807) is 7.11 Å². The Bertz CT molecular complexity index is 378. The summed E-state index contributed by atoms with van der Waals surface area (Å²) in [5.41, 5.74) is 0.957. The zero-order valence-electron chi connectivity index (χ0n) is 10.4. The molecule has 1 heterocycles. The Balaban J connectivity index is 2.20. The van der Waals surface area contributed by atoms with E-state index in [9.17, 15) is 0 Å². The van der Waals surface area contributed by atoms with Crippen LogP contribution in [0.5, 0.6) is 11.5 Å². The second-order valence-electron chi connectivity index (χ2n) is 3.96. The van der Waals surface area contributed by atoms with Crippen LogP contribution in [0.15, 0.2) is 18.2 Å². The van der Waals surface area contributed by atoms with Gasteiger partial charge in [-0.15, -0.1) is 0 Å². The predicted molar refractivity (Wildman–Crippen MR) is 63.4 cm³/mol. The number of ether oxygens (including phenoxy) is 4. The summed E-state index contributed by atoms with van der Waals surface area (Å²) >= 11 is 0. The van der Waals surface area contributed by atoms with Crippen molar-refractivity contribution in [2.75, 3.05) is 20.3 Å². The Morgan fingerprint density at radius 1 is 1.35 bits per heavy atom. The first-order chi connectivity index (χ1) is 8.24. The highest BCUT2D eigenvalue weighted by Gasteiger charge is 2.24. The van der Waals surface area contributed by atoms with E-state index < -0.39 is 0 Å². The van der Waals surface area contributed by atoms with E-state index in [2.05, 4.69) is 0 Å². The number of methoxy groups -OCH3 is 1. The van der Waals surface area contributed by atoms with E-state index in [0.29, 0.717) is 13.2 Å². The molecule has 0 N–H and O–H groups in total. The molecule has 0 spiro atoms. The van der Waals surface area contributed by atoms with Gasteiger partial charge in [-0.05, 0) is 26.0 Å². The van der Waals surface area contributed by atoms with Crippen LogP contribution in [0.3, 0.4) is 0 Å². The molecule has 0 saturated carbocycles. The topological polar surface area (TPSA) is 36.9 Å². The highest BCUT2D eigenvalue weighted by Crippen LogP contribution is 2.34. The van der Waals surface area contributed by atoms with E-state index in [-0.39, 0.29) is 12.4 Å². The van der Waals surface area contributed by atoms with Gasteiger partial charge in [0.25, 0.3) is 0 Å². The smallest absolute Gasteiger partial charge is 0.184 e. The van der Waals surface area contributed by atoms with Gasteiger partial charge in [-0.3, -0.25) is 0 Å². The lowest BCUT2D eigenvalue weighted by molar-refractivity contribution is -0.0573. The molecule has 1 aromatic carbocycles. The lowest BCUT2D eigenvalue weighted by Gasteiger charge is -2.14. The van der Waals surface area contributed by atoms with Crippen molar-refractivity contribution in [2.45, 2.75) is 26.2 Å². The van der Waals surface area contributed by atoms with Crippen molar-refractivity contribution in [3.05, 3.63) is 23.8 Å². The quantitative estimate of drug-likeness (QED) is 0.807. The first kappa shape index (κ1) is 12.2. The van der Waals surface area contributed by atoms with Crippen LogP contribution in [-0.4, -0.2) is 26.4 Å². The van der Waals surface area contributed by atoms with Crippen molar-refractivity contribution in [1.29, 1.82) is 0 Å². The van der Waals surface area contributed by atoms with Crippen LogP contribution in [0.1, 0.15) is 25.7 Å². The van der Waals surface area contributed by atoms with Gasteiger partial charge in [-0.25, -0.2) is 0 Å². The molecule has 2 unspecified atom stereocenters. The summed E-state index contributed by atoms with van der Waals surface area (Å²) < 4.78 is 21.9. The van der Waals surface area contributed by atoms with Crippen molar-refractivity contribution in [2.24, 2.45) is 0 Å². The Morgan fingerprint density at radius 2 is 2.18 bits per heavy atom. The molecule has 17 heavy (non-hydrogen) atoms. The Morgan fingerprint density at radius 3 is 2.76 bits per heavy atom. The zero-order valence-corrected chi connectivity index (χ0v) is 10.4. The van der Waals surface area contributed by atoms with Crippen molar-refractivity contribution < 1.29 is 18.9 Å². The number of benzene rings is 1. The average molecular weight is 238 g/mol. The Labute approximate surface area is 101 Å². The molecular weight excluding hydrogens is 220 g/mol.